The fourth-order valence-electron chi connectivity index (χ4n) is 1.38. The molecule has 2 nitrogen and oxygen atoms in total. The SMILES string of the molecule is CO[C@H](C)[C@@H](C)c1ccccc1N. The summed E-state index contributed by atoms with van der Waals surface area (Å²) in [6, 6.07) is 7.93. The van der Waals surface area contributed by atoms with Crippen molar-refractivity contribution >= 4 is 5.69 Å². The van der Waals surface area contributed by atoms with Crippen molar-refractivity contribution < 1.29 is 4.74 Å². The maximum Gasteiger partial charge on any atom is 0.0609 e. The molecule has 72 valence electrons. The molecule has 0 aliphatic carbocycles. The topological polar surface area (TPSA) is 35.2 Å². The van der Waals surface area contributed by atoms with Gasteiger partial charge in [-0.25, -0.2) is 0 Å². The lowest BCUT2D eigenvalue weighted by atomic mass is 9.95. The molecule has 0 aromatic heterocycles. The highest BCUT2D eigenvalue weighted by atomic mass is 16.5. The number of methoxy groups -OCH3 is 1. The standard InChI is InChI=1S/C11H17NO/c1-8(9(2)13-3)10-6-4-5-7-11(10)12/h4-9H,12H2,1-3H3/t8-,9-/m1/s1. The number of rotatable bonds is 3. The van der Waals surface area contributed by atoms with Crippen LogP contribution in [0.5, 0.6) is 0 Å². The van der Waals surface area contributed by atoms with Crippen LogP contribution in [-0.2, 0) is 4.74 Å². The highest BCUT2D eigenvalue weighted by Crippen LogP contribution is 2.25. The van der Waals surface area contributed by atoms with Crippen molar-refractivity contribution in [1.82, 2.24) is 0 Å². The van der Waals surface area contributed by atoms with E-state index in [1.807, 2.05) is 18.2 Å². The second kappa shape index (κ2) is 4.28. The third-order valence-electron chi connectivity index (χ3n) is 2.56. The van der Waals surface area contributed by atoms with Gasteiger partial charge in [-0.3, -0.25) is 0 Å². The smallest absolute Gasteiger partial charge is 0.0609 e. The van der Waals surface area contributed by atoms with Crippen LogP contribution in [0.3, 0.4) is 0 Å². The van der Waals surface area contributed by atoms with Crippen molar-refractivity contribution in [1.29, 1.82) is 0 Å². The normalized spacial score (nSPS) is 15.3. The van der Waals surface area contributed by atoms with Gasteiger partial charge in [-0.1, -0.05) is 25.1 Å². The minimum absolute atomic E-state index is 0.199. The maximum absolute atomic E-state index is 5.86. The molecular weight excluding hydrogens is 162 g/mol. The Bertz CT molecular complexity index is 273. The summed E-state index contributed by atoms with van der Waals surface area (Å²) in [7, 11) is 1.72. The van der Waals surface area contributed by atoms with Crippen molar-refractivity contribution in [3.8, 4) is 0 Å². The fraction of sp³-hybridized carbons (Fsp3) is 0.455. The first-order chi connectivity index (χ1) is 6.16. The molecule has 0 unspecified atom stereocenters. The molecule has 0 saturated carbocycles. The molecule has 0 aliphatic rings. The third kappa shape index (κ3) is 2.22. The van der Waals surface area contributed by atoms with E-state index >= 15 is 0 Å². The van der Waals surface area contributed by atoms with Crippen LogP contribution in [0, 0.1) is 0 Å². The number of benzene rings is 1. The molecule has 0 radical (unpaired) electrons. The summed E-state index contributed by atoms with van der Waals surface area (Å²) < 4.78 is 5.27. The molecule has 0 heterocycles. The Morgan fingerprint density at radius 2 is 1.85 bits per heavy atom. The van der Waals surface area contributed by atoms with Gasteiger partial charge in [0.2, 0.25) is 0 Å². The van der Waals surface area contributed by atoms with Gasteiger partial charge in [0.25, 0.3) is 0 Å². The van der Waals surface area contributed by atoms with Crippen LogP contribution in [0.15, 0.2) is 24.3 Å². The molecule has 0 saturated heterocycles. The lowest BCUT2D eigenvalue weighted by Gasteiger charge is -2.20. The van der Waals surface area contributed by atoms with Gasteiger partial charge in [-0.15, -0.1) is 0 Å². The Labute approximate surface area is 79.7 Å². The first-order valence-corrected chi connectivity index (χ1v) is 4.54. The van der Waals surface area contributed by atoms with E-state index in [9.17, 15) is 0 Å². The van der Waals surface area contributed by atoms with E-state index in [1.165, 1.54) is 0 Å². The van der Waals surface area contributed by atoms with E-state index in [4.69, 9.17) is 10.5 Å². The minimum atomic E-state index is 0.199. The number of hydrogen-bond acceptors (Lipinski definition) is 2. The maximum atomic E-state index is 5.86. The van der Waals surface area contributed by atoms with Crippen LogP contribution in [0.2, 0.25) is 0 Å². The van der Waals surface area contributed by atoms with E-state index in [0.717, 1.165) is 11.3 Å². The van der Waals surface area contributed by atoms with Crippen LogP contribution in [0.25, 0.3) is 0 Å². The molecule has 1 aromatic carbocycles. The van der Waals surface area contributed by atoms with Crippen molar-refractivity contribution in [2.45, 2.75) is 25.9 Å². The van der Waals surface area contributed by atoms with E-state index in [0.29, 0.717) is 5.92 Å². The predicted octanol–water partition coefficient (Wildman–Crippen LogP) is 2.41. The molecular formula is C11H17NO. The third-order valence-corrected chi connectivity index (χ3v) is 2.56. The summed E-state index contributed by atoms with van der Waals surface area (Å²) in [6.45, 7) is 4.18. The van der Waals surface area contributed by atoms with Crippen molar-refractivity contribution in [2.24, 2.45) is 0 Å². The van der Waals surface area contributed by atoms with Gasteiger partial charge in [0.1, 0.15) is 0 Å². The fourth-order valence-corrected chi connectivity index (χ4v) is 1.38. The van der Waals surface area contributed by atoms with E-state index in [2.05, 4.69) is 19.9 Å². The Balaban J connectivity index is 2.88. The molecule has 0 bridgehead atoms. The number of para-hydroxylation sites is 1. The second-order valence-corrected chi connectivity index (χ2v) is 3.36. The van der Waals surface area contributed by atoms with Crippen LogP contribution in [0.4, 0.5) is 5.69 Å². The second-order valence-electron chi connectivity index (χ2n) is 3.36. The molecule has 2 heteroatoms. The summed E-state index contributed by atoms with van der Waals surface area (Å²) in [5.74, 6) is 0.339. The average Bonchev–Trinajstić information content (AvgIpc) is 2.16. The molecule has 2 atom stereocenters. The van der Waals surface area contributed by atoms with Gasteiger partial charge in [0.05, 0.1) is 6.10 Å². The number of nitrogens with two attached hydrogens (primary N) is 1. The average molecular weight is 179 g/mol. The number of hydrogen-bond donors (Lipinski definition) is 1. The van der Waals surface area contributed by atoms with Crippen LogP contribution >= 0.6 is 0 Å². The lowest BCUT2D eigenvalue weighted by molar-refractivity contribution is 0.0992. The van der Waals surface area contributed by atoms with Gasteiger partial charge >= 0.3 is 0 Å². The predicted molar refractivity (Wildman–Crippen MR) is 55.7 cm³/mol. The Morgan fingerprint density at radius 1 is 1.23 bits per heavy atom. The van der Waals surface area contributed by atoms with Crippen molar-refractivity contribution in [2.75, 3.05) is 12.8 Å². The van der Waals surface area contributed by atoms with E-state index in [-0.39, 0.29) is 6.10 Å². The van der Waals surface area contributed by atoms with Gasteiger partial charge in [0, 0.05) is 18.7 Å². The highest BCUT2D eigenvalue weighted by Gasteiger charge is 2.15. The Hall–Kier alpha value is -1.02. The summed E-state index contributed by atoms with van der Waals surface area (Å²) in [4.78, 5) is 0. The number of anilines is 1. The summed E-state index contributed by atoms with van der Waals surface area (Å²) in [5, 5.41) is 0. The number of nitrogen functional groups attached to an aromatic ring is 1. The highest BCUT2D eigenvalue weighted by molar-refractivity contribution is 5.48. The first kappa shape index (κ1) is 10.1. The van der Waals surface area contributed by atoms with Gasteiger partial charge in [-0.05, 0) is 18.6 Å². The summed E-state index contributed by atoms with van der Waals surface area (Å²) in [5.41, 5.74) is 7.87. The molecule has 0 aliphatic heterocycles. The first-order valence-electron chi connectivity index (χ1n) is 4.54. The van der Waals surface area contributed by atoms with Crippen molar-refractivity contribution in [3.63, 3.8) is 0 Å². The zero-order valence-electron chi connectivity index (χ0n) is 8.45. The van der Waals surface area contributed by atoms with Crippen molar-refractivity contribution in [3.05, 3.63) is 29.8 Å². The minimum Gasteiger partial charge on any atom is -0.398 e. The van der Waals surface area contributed by atoms with Crippen LogP contribution in [-0.4, -0.2) is 13.2 Å². The monoisotopic (exact) mass is 179 g/mol. The van der Waals surface area contributed by atoms with E-state index in [1.54, 1.807) is 7.11 Å². The zero-order valence-corrected chi connectivity index (χ0v) is 8.45. The molecule has 13 heavy (non-hydrogen) atoms. The largest absolute Gasteiger partial charge is 0.398 e. The lowest BCUT2D eigenvalue weighted by Crippen LogP contribution is -2.15. The Morgan fingerprint density at radius 3 is 2.38 bits per heavy atom. The van der Waals surface area contributed by atoms with Gasteiger partial charge in [-0.2, -0.15) is 0 Å². The molecule has 1 rings (SSSR count). The van der Waals surface area contributed by atoms with Gasteiger partial charge in [0.15, 0.2) is 0 Å². The zero-order chi connectivity index (χ0) is 9.84. The van der Waals surface area contributed by atoms with E-state index < -0.39 is 0 Å². The molecule has 2 N–H and O–H groups in total. The molecule has 0 amide bonds. The summed E-state index contributed by atoms with van der Waals surface area (Å²) >= 11 is 0. The van der Waals surface area contributed by atoms with Crippen LogP contribution in [0.1, 0.15) is 25.3 Å². The van der Waals surface area contributed by atoms with Crippen LogP contribution < -0.4 is 5.73 Å². The molecule has 0 spiro atoms. The van der Waals surface area contributed by atoms with Gasteiger partial charge < -0.3 is 10.5 Å². The summed E-state index contributed by atoms with van der Waals surface area (Å²) in [6.07, 6.45) is 0.199. The molecule has 0 fully saturated rings. The quantitative estimate of drug-likeness (QED) is 0.723. The molecule has 1 aromatic rings. The Kier molecular flexibility index (Phi) is 3.32. The number of ether oxygens (including phenoxy) is 1.